The van der Waals surface area contributed by atoms with Crippen LogP contribution in [0.3, 0.4) is 0 Å². The van der Waals surface area contributed by atoms with Crippen molar-refractivity contribution in [2.75, 3.05) is 0 Å². The molecule has 1 aromatic heterocycles. The maximum absolute atomic E-state index is 12.2. The lowest BCUT2D eigenvalue weighted by atomic mass is 10.1. The fraction of sp³-hybridized carbons (Fsp3) is 0.308. The quantitative estimate of drug-likeness (QED) is 0.942. The van der Waals surface area contributed by atoms with E-state index in [2.05, 4.69) is 14.9 Å². The Labute approximate surface area is 121 Å². The number of carbonyl (C=O) groups is 1. The standard InChI is InChI=1S/C13H14ClN3OS/c1-3-11-12(19-17-16-11)13(18)15-8(2)9-6-4-5-7-10(9)14/h4-8H,3H2,1-2H3,(H,15,18). The van der Waals surface area contributed by atoms with E-state index in [9.17, 15) is 4.79 Å². The number of aromatic nitrogens is 2. The summed E-state index contributed by atoms with van der Waals surface area (Å²) in [5.74, 6) is -0.153. The van der Waals surface area contributed by atoms with Gasteiger partial charge in [0.1, 0.15) is 4.88 Å². The molecule has 100 valence electrons. The van der Waals surface area contributed by atoms with Gasteiger partial charge in [-0.25, -0.2) is 0 Å². The molecule has 1 heterocycles. The summed E-state index contributed by atoms with van der Waals surface area (Å²) in [7, 11) is 0. The number of rotatable bonds is 4. The van der Waals surface area contributed by atoms with Gasteiger partial charge in [0.2, 0.25) is 0 Å². The van der Waals surface area contributed by atoms with Gasteiger partial charge in [0.05, 0.1) is 11.7 Å². The number of halogens is 1. The summed E-state index contributed by atoms with van der Waals surface area (Å²) < 4.78 is 3.82. The lowest BCUT2D eigenvalue weighted by molar-refractivity contribution is 0.0943. The van der Waals surface area contributed by atoms with Gasteiger partial charge < -0.3 is 5.32 Å². The Morgan fingerprint density at radius 3 is 2.89 bits per heavy atom. The fourth-order valence-electron chi connectivity index (χ4n) is 1.78. The first-order chi connectivity index (χ1) is 9.13. The largest absolute Gasteiger partial charge is 0.345 e. The minimum Gasteiger partial charge on any atom is -0.345 e. The molecule has 0 bridgehead atoms. The van der Waals surface area contributed by atoms with Gasteiger partial charge in [-0.15, -0.1) is 5.10 Å². The van der Waals surface area contributed by atoms with Crippen LogP contribution in [-0.2, 0) is 6.42 Å². The number of nitrogens with one attached hydrogen (secondary N) is 1. The Hall–Kier alpha value is -1.46. The molecule has 0 fully saturated rings. The Morgan fingerprint density at radius 1 is 1.47 bits per heavy atom. The van der Waals surface area contributed by atoms with Crippen molar-refractivity contribution >= 4 is 29.0 Å². The van der Waals surface area contributed by atoms with Crippen LogP contribution in [0.1, 0.15) is 40.8 Å². The normalized spacial score (nSPS) is 12.2. The minimum absolute atomic E-state index is 0.153. The molecule has 1 atom stereocenters. The number of hydrogen-bond donors (Lipinski definition) is 1. The number of benzene rings is 1. The molecule has 0 spiro atoms. The first-order valence-electron chi connectivity index (χ1n) is 6.00. The molecule has 0 saturated carbocycles. The van der Waals surface area contributed by atoms with Crippen molar-refractivity contribution in [3.05, 3.63) is 45.4 Å². The first-order valence-corrected chi connectivity index (χ1v) is 7.15. The maximum atomic E-state index is 12.2. The van der Waals surface area contributed by atoms with Crippen LogP contribution in [0.4, 0.5) is 0 Å². The number of aryl methyl sites for hydroxylation is 1. The van der Waals surface area contributed by atoms with Crippen molar-refractivity contribution in [1.82, 2.24) is 14.9 Å². The zero-order valence-corrected chi connectivity index (χ0v) is 12.3. The topological polar surface area (TPSA) is 54.9 Å². The van der Waals surface area contributed by atoms with Crippen LogP contribution >= 0.6 is 23.1 Å². The lowest BCUT2D eigenvalue weighted by Crippen LogP contribution is -2.26. The Balaban J connectivity index is 2.13. The van der Waals surface area contributed by atoms with Gasteiger partial charge >= 0.3 is 0 Å². The van der Waals surface area contributed by atoms with Gasteiger partial charge in [-0.05, 0) is 36.5 Å². The molecule has 2 aromatic rings. The molecule has 19 heavy (non-hydrogen) atoms. The van der Waals surface area contributed by atoms with E-state index in [0.29, 0.717) is 16.3 Å². The lowest BCUT2D eigenvalue weighted by Gasteiger charge is -2.15. The Morgan fingerprint density at radius 2 is 2.21 bits per heavy atom. The molecule has 6 heteroatoms. The molecule has 0 radical (unpaired) electrons. The van der Waals surface area contributed by atoms with E-state index in [4.69, 9.17) is 11.6 Å². The van der Waals surface area contributed by atoms with Gasteiger partial charge in [-0.3, -0.25) is 4.79 Å². The highest BCUT2D eigenvalue weighted by Crippen LogP contribution is 2.23. The van der Waals surface area contributed by atoms with E-state index in [1.165, 1.54) is 0 Å². The smallest absolute Gasteiger partial charge is 0.265 e. The summed E-state index contributed by atoms with van der Waals surface area (Å²) in [5, 5.41) is 7.50. The summed E-state index contributed by atoms with van der Waals surface area (Å²) in [4.78, 5) is 12.7. The van der Waals surface area contributed by atoms with Crippen molar-refractivity contribution in [2.24, 2.45) is 0 Å². The van der Waals surface area contributed by atoms with Crippen molar-refractivity contribution in [1.29, 1.82) is 0 Å². The average molecular weight is 296 g/mol. The van der Waals surface area contributed by atoms with Crippen LogP contribution in [0.5, 0.6) is 0 Å². The number of amides is 1. The minimum atomic E-state index is -0.159. The molecule has 1 unspecified atom stereocenters. The highest BCUT2D eigenvalue weighted by atomic mass is 35.5. The van der Waals surface area contributed by atoms with Crippen LogP contribution in [-0.4, -0.2) is 15.5 Å². The van der Waals surface area contributed by atoms with Gasteiger partial charge in [0.25, 0.3) is 5.91 Å². The van der Waals surface area contributed by atoms with Gasteiger partial charge in [-0.1, -0.05) is 41.2 Å². The Bertz CT molecular complexity index is 585. The predicted octanol–water partition coefficient (Wildman–Crippen LogP) is 3.24. The van der Waals surface area contributed by atoms with Crippen LogP contribution in [0.2, 0.25) is 5.02 Å². The summed E-state index contributed by atoms with van der Waals surface area (Å²) >= 11 is 7.23. The molecular formula is C13H14ClN3OS. The first kappa shape index (κ1) is 14.0. The molecule has 0 aliphatic carbocycles. The van der Waals surface area contributed by atoms with E-state index >= 15 is 0 Å². The molecule has 1 N–H and O–H groups in total. The summed E-state index contributed by atoms with van der Waals surface area (Å²) in [5.41, 5.74) is 1.63. The van der Waals surface area contributed by atoms with E-state index in [1.54, 1.807) is 0 Å². The van der Waals surface area contributed by atoms with Gasteiger partial charge in [0.15, 0.2) is 0 Å². The van der Waals surface area contributed by atoms with Crippen molar-refractivity contribution in [3.8, 4) is 0 Å². The highest BCUT2D eigenvalue weighted by molar-refractivity contribution is 7.08. The van der Waals surface area contributed by atoms with Crippen LogP contribution in [0.15, 0.2) is 24.3 Å². The predicted molar refractivity (Wildman–Crippen MR) is 76.6 cm³/mol. The summed E-state index contributed by atoms with van der Waals surface area (Å²) in [6, 6.07) is 7.32. The summed E-state index contributed by atoms with van der Waals surface area (Å²) in [6.07, 6.45) is 0.694. The third-order valence-corrected chi connectivity index (χ3v) is 3.93. The second kappa shape index (κ2) is 6.12. The van der Waals surface area contributed by atoms with Crippen LogP contribution in [0.25, 0.3) is 0 Å². The zero-order valence-electron chi connectivity index (χ0n) is 10.7. The second-order valence-electron chi connectivity index (χ2n) is 4.12. The van der Waals surface area contributed by atoms with Crippen molar-refractivity contribution in [2.45, 2.75) is 26.3 Å². The molecule has 0 saturated heterocycles. The number of nitrogens with zero attached hydrogens (tertiary/aromatic N) is 2. The van der Waals surface area contributed by atoms with Crippen LogP contribution in [0, 0.1) is 0 Å². The third-order valence-electron chi connectivity index (χ3n) is 2.82. The van der Waals surface area contributed by atoms with Crippen LogP contribution < -0.4 is 5.32 Å². The van der Waals surface area contributed by atoms with E-state index in [-0.39, 0.29) is 11.9 Å². The second-order valence-corrected chi connectivity index (χ2v) is 5.28. The average Bonchev–Trinajstić information content (AvgIpc) is 2.87. The number of carbonyl (C=O) groups excluding carboxylic acids is 1. The highest BCUT2D eigenvalue weighted by Gasteiger charge is 2.18. The molecule has 0 aliphatic rings. The molecular weight excluding hydrogens is 282 g/mol. The van der Waals surface area contributed by atoms with Gasteiger partial charge in [0, 0.05) is 5.02 Å². The van der Waals surface area contributed by atoms with Crippen molar-refractivity contribution < 1.29 is 4.79 Å². The van der Waals surface area contributed by atoms with Crippen molar-refractivity contribution in [3.63, 3.8) is 0 Å². The fourth-order valence-corrected chi connectivity index (χ4v) is 2.73. The monoisotopic (exact) mass is 295 g/mol. The van der Waals surface area contributed by atoms with E-state index < -0.39 is 0 Å². The summed E-state index contributed by atoms with van der Waals surface area (Å²) in [6.45, 7) is 3.85. The molecule has 1 aromatic carbocycles. The molecule has 0 aliphatic heterocycles. The van der Waals surface area contributed by atoms with Gasteiger partial charge in [-0.2, -0.15) is 0 Å². The SMILES string of the molecule is CCc1nnsc1C(=O)NC(C)c1ccccc1Cl. The molecule has 1 amide bonds. The third kappa shape index (κ3) is 3.11. The van der Waals surface area contributed by atoms with E-state index in [1.807, 2.05) is 38.1 Å². The number of hydrogen-bond acceptors (Lipinski definition) is 4. The molecule has 4 nitrogen and oxygen atoms in total. The maximum Gasteiger partial charge on any atom is 0.265 e. The zero-order chi connectivity index (χ0) is 13.8. The Kier molecular flexibility index (Phi) is 4.50. The van der Waals surface area contributed by atoms with E-state index in [0.717, 1.165) is 22.8 Å². The molecule has 2 rings (SSSR count).